The highest BCUT2D eigenvalue weighted by atomic mass is 79.9. The van der Waals surface area contributed by atoms with Gasteiger partial charge in [0.25, 0.3) is 0 Å². The summed E-state index contributed by atoms with van der Waals surface area (Å²) in [5.41, 5.74) is 8.90. The highest BCUT2D eigenvalue weighted by Crippen LogP contribution is 2.30. The van der Waals surface area contributed by atoms with Gasteiger partial charge >= 0.3 is 11.7 Å². The summed E-state index contributed by atoms with van der Waals surface area (Å²) in [5.74, 6) is -0.540. The van der Waals surface area contributed by atoms with Crippen molar-refractivity contribution in [3.63, 3.8) is 0 Å². The van der Waals surface area contributed by atoms with E-state index in [1.807, 2.05) is 41.3 Å². The molecule has 14 heteroatoms. The number of nitrogens with zero attached hydrogens (tertiary/aromatic N) is 4. The van der Waals surface area contributed by atoms with E-state index in [0.29, 0.717) is 59.7 Å². The lowest BCUT2D eigenvalue weighted by Gasteiger charge is -2.40. The van der Waals surface area contributed by atoms with Gasteiger partial charge in [-0.2, -0.15) is 0 Å². The van der Waals surface area contributed by atoms with Crippen molar-refractivity contribution in [2.45, 2.75) is 69.5 Å². The summed E-state index contributed by atoms with van der Waals surface area (Å²) < 4.78 is 3.13. The fourth-order valence-electron chi connectivity index (χ4n) is 7.37. The van der Waals surface area contributed by atoms with Gasteiger partial charge in [0.15, 0.2) is 0 Å². The molecule has 5 N–H and O–H groups in total. The Hall–Kier alpha value is -3.36. The van der Waals surface area contributed by atoms with Gasteiger partial charge in [0.2, 0.25) is 11.8 Å². The van der Waals surface area contributed by atoms with Gasteiger partial charge in [0, 0.05) is 53.6 Å². The molecule has 12 nitrogen and oxygen atoms in total. The molecule has 48 heavy (non-hydrogen) atoms. The summed E-state index contributed by atoms with van der Waals surface area (Å²) in [6.45, 7) is 4.40. The molecule has 1 atom stereocenters. The third-order valence-corrected chi connectivity index (χ3v) is 11.4. The lowest BCUT2D eigenvalue weighted by atomic mass is 10.00. The minimum atomic E-state index is -0.925. The Bertz CT molecular complexity index is 1660. The number of hydrogen-bond donors (Lipinski definition) is 4. The smallest absolute Gasteiger partial charge is 0.326 e. The predicted octanol–water partition coefficient (Wildman–Crippen LogP) is 3.99. The Morgan fingerprint density at radius 3 is 2.19 bits per heavy atom. The Morgan fingerprint density at radius 2 is 1.50 bits per heavy atom. The number of hydrogen-bond acceptors (Lipinski definition) is 6. The van der Waals surface area contributed by atoms with Gasteiger partial charge in [-0.05, 0) is 113 Å². The molecule has 1 aromatic heterocycles. The van der Waals surface area contributed by atoms with Crippen molar-refractivity contribution in [1.29, 1.82) is 0 Å². The Morgan fingerprint density at radius 1 is 0.875 bits per heavy atom. The van der Waals surface area contributed by atoms with E-state index in [2.05, 4.69) is 52.4 Å². The topological polar surface area (TPSA) is 149 Å². The number of likely N-dealkylation sites (tertiary alicyclic amines) is 3. The first-order valence-electron chi connectivity index (χ1n) is 17.0. The lowest BCUT2D eigenvalue weighted by Crippen LogP contribution is -2.55. The van der Waals surface area contributed by atoms with Gasteiger partial charge in [0.05, 0.1) is 23.3 Å². The van der Waals surface area contributed by atoms with Gasteiger partial charge in [-0.1, -0.05) is 18.6 Å². The standard InChI is InChI=1S/C34H44Br2N8O4/c35-25-18-22(19-26(36)31(25)37)20-28(32(46)38-21-30(45)42-14-8-23(9-15-42)41-12-4-1-5-13-41)40-33(47)43-16-10-24(11-17-43)44-29-7-3-2-6-27(29)39-34(44)48/h2-3,6-7,18-19,23-24,28H,1,4-5,8-17,20-21,37H2,(H,38,46)(H,39,48)(H,40,47)/t28-/m0/s1. The maximum atomic E-state index is 13.6. The molecule has 0 spiro atoms. The van der Waals surface area contributed by atoms with Crippen LogP contribution in [0.4, 0.5) is 10.5 Å². The molecule has 0 radical (unpaired) electrons. The number of benzene rings is 2. The fraction of sp³-hybridized carbons (Fsp3) is 0.529. The van der Waals surface area contributed by atoms with Crippen LogP contribution in [0.15, 0.2) is 50.1 Å². The van der Waals surface area contributed by atoms with Gasteiger partial charge in [-0.3, -0.25) is 14.2 Å². The number of rotatable bonds is 8. The molecule has 258 valence electrons. The third kappa shape index (κ3) is 7.92. The van der Waals surface area contributed by atoms with E-state index < -0.39 is 11.9 Å². The van der Waals surface area contributed by atoms with E-state index in [-0.39, 0.29) is 36.6 Å². The van der Waals surface area contributed by atoms with Crippen molar-refractivity contribution in [2.75, 3.05) is 51.5 Å². The Balaban J connectivity index is 1.07. The van der Waals surface area contributed by atoms with Crippen LogP contribution in [0.1, 0.15) is 56.6 Å². The van der Waals surface area contributed by atoms with E-state index in [1.54, 1.807) is 9.47 Å². The molecule has 0 unspecified atom stereocenters. The minimum absolute atomic E-state index is 0.0443. The number of aromatic amines is 1. The number of halogens is 2. The minimum Gasteiger partial charge on any atom is -0.397 e. The van der Waals surface area contributed by atoms with Gasteiger partial charge < -0.3 is 36.1 Å². The van der Waals surface area contributed by atoms with Crippen molar-refractivity contribution >= 4 is 66.4 Å². The van der Waals surface area contributed by atoms with E-state index in [4.69, 9.17) is 5.73 Å². The normalized spacial score (nSPS) is 19.0. The average molecular weight is 789 g/mol. The molecule has 0 saturated carbocycles. The Kier molecular flexibility index (Phi) is 11.1. The average Bonchev–Trinajstić information content (AvgIpc) is 3.45. The summed E-state index contributed by atoms with van der Waals surface area (Å²) in [5, 5.41) is 5.74. The van der Waals surface area contributed by atoms with E-state index >= 15 is 0 Å². The number of anilines is 1. The zero-order chi connectivity index (χ0) is 33.8. The molecule has 4 amide bonds. The number of nitrogen functional groups attached to an aromatic ring is 1. The van der Waals surface area contributed by atoms with Gasteiger partial charge in [0.1, 0.15) is 6.04 Å². The van der Waals surface area contributed by atoms with Crippen molar-refractivity contribution in [2.24, 2.45) is 0 Å². The fourth-order valence-corrected chi connectivity index (χ4v) is 8.65. The third-order valence-electron chi connectivity index (χ3n) is 10.1. The maximum Gasteiger partial charge on any atom is 0.326 e. The van der Waals surface area contributed by atoms with Crippen molar-refractivity contribution in [3.05, 3.63) is 61.4 Å². The summed E-state index contributed by atoms with van der Waals surface area (Å²) in [6.07, 6.45) is 7.10. The van der Waals surface area contributed by atoms with Crippen LogP contribution in [0.5, 0.6) is 0 Å². The van der Waals surface area contributed by atoms with E-state index in [1.165, 1.54) is 19.3 Å². The Labute approximate surface area is 297 Å². The quantitative estimate of drug-likeness (QED) is 0.254. The number of para-hydroxylation sites is 2. The van der Waals surface area contributed by atoms with Crippen LogP contribution in [0, 0.1) is 0 Å². The molecule has 6 rings (SSSR count). The number of urea groups is 1. The molecule has 3 aliphatic heterocycles. The highest BCUT2D eigenvalue weighted by Gasteiger charge is 2.31. The molecule has 3 aliphatic rings. The maximum absolute atomic E-state index is 13.6. The van der Waals surface area contributed by atoms with Crippen molar-refractivity contribution in [1.82, 2.24) is 34.9 Å². The first kappa shape index (κ1) is 34.5. The number of nitrogens with one attached hydrogen (secondary N) is 3. The summed E-state index contributed by atoms with van der Waals surface area (Å²) in [6, 6.07) is 10.4. The molecule has 2 aromatic carbocycles. The van der Waals surface area contributed by atoms with Crippen LogP contribution >= 0.6 is 31.9 Å². The van der Waals surface area contributed by atoms with Gasteiger partial charge in [-0.15, -0.1) is 0 Å². The molecule has 3 fully saturated rings. The predicted molar refractivity (Wildman–Crippen MR) is 193 cm³/mol. The van der Waals surface area contributed by atoms with E-state index in [0.717, 1.165) is 42.5 Å². The number of amides is 4. The number of imidazole rings is 1. The second-order valence-electron chi connectivity index (χ2n) is 13.1. The van der Waals surface area contributed by atoms with Crippen LogP contribution in [0.3, 0.4) is 0 Å². The molecule has 0 aliphatic carbocycles. The second-order valence-corrected chi connectivity index (χ2v) is 14.8. The van der Waals surface area contributed by atoms with Gasteiger partial charge in [-0.25, -0.2) is 9.59 Å². The monoisotopic (exact) mass is 786 g/mol. The number of nitrogens with two attached hydrogens (primary N) is 1. The second kappa shape index (κ2) is 15.5. The summed E-state index contributed by atoms with van der Waals surface area (Å²) >= 11 is 6.94. The van der Waals surface area contributed by atoms with Crippen molar-refractivity contribution < 1.29 is 14.4 Å². The number of carbonyl (C=O) groups excluding carboxylic acids is 3. The first-order chi connectivity index (χ1) is 23.2. The number of carbonyl (C=O) groups is 3. The molecular formula is C34H44Br2N8O4. The zero-order valence-corrected chi connectivity index (χ0v) is 30.2. The number of aromatic nitrogens is 2. The summed E-state index contributed by atoms with van der Waals surface area (Å²) in [7, 11) is 0. The van der Waals surface area contributed by atoms with Crippen LogP contribution in [-0.4, -0.2) is 100.0 Å². The van der Waals surface area contributed by atoms with Crippen LogP contribution in [-0.2, 0) is 16.0 Å². The molecule has 3 saturated heterocycles. The molecular weight excluding hydrogens is 744 g/mol. The van der Waals surface area contributed by atoms with Crippen LogP contribution < -0.4 is 22.1 Å². The molecule has 3 aromatic rings. The largest absolute Gasteiger partial charge is 0.397 e. The number of piperidine rings is 3. The SMILES string of the molecule is Nc1c(Br)cc(C[C@H](NC(=O)N2CCC(n3c(=O)[nH]c4ccccc43)CC2)C(=O)NCC(=O)N2CCC(N3CCCCC3)CC2)cc1Br. The number of H-pyrrole nitrogens is 1. The first-order valence-corrected chi connectivity index (χ1v) is 18.5. The number of fused-ring (bicyclic) bond motifs is 1. The molecule has 0 bridgehead atoms. The summed E-state index contributed by atoms with van der Waals surface area (Å²) in [4.78, 5) is 62.0. The van der Waals surface area contributed by atoms with Crippen LogP contribution in [0.25, 0.3) is 11.0 Å². The lowest BCUT2D eigenvalue weighted by molar-refractivity contribution is -0.134. The highest BCUT2D eigenvalue weighted by molar-refractivity contribution is 9.11. The van der Waals surface area contributed by atoms with Crippen LogP contribution in [0.2, 0.25) is 0 Å². The zero-order valence-electron chi connectivity index (χ0n) is 27.1. The molecule has 4 heterocycles. The van der Waals surface area contributed by atoms with Crippen molar-refractivity contribution in [3.8, 4) is 0 Å². The van der Waals surface area contributed by atoms with E-state index in [9.17, 15) is 19.2 Å².